The van der Waals surface area contributed by atoms with Crippen molar-refractivity contribution in [2.45, 2.75) is 13.0 Å². The molecule has 1 aliphatic rings. The topological polar surface area (TPSA) is 106 Å². The molecule has 2 heterocycles. The quantitative estimate of drug-likeness (QED) is 0.743. The van der Waals surface area contributed by atoms with Gasteiger partial charge in [0.1, 0.15) is 0 Å². The van der Waals surface area contributed by atoms with Crippen molar-refractivity contribution < 1.29 is 13.2 Å². The Morgan fingerprint density at radius 1 is 1.26 bits per heavy atom. The van der Waals surface area contributed by atoms with Crippen LogP contribution in [-0.4, -0.2) is 37.4 Å². The number of nitrogens with one attached hydrogen (secondary N) is 2. The molecule has 0 spiro atoms. The number of rotatable bonds is 4. The predicted octanol–water partition coefficient (Wildman–Crippen LogP) is 0.217. The van der Waals surface area contributed by atoms with Crippen molar-refractivity contribution in [3.8, 4) is 11.1 Å². The summed E-state index contributed by atoms with van der Waals surface area (Å²) in [5.41, 5.74) is 2.69. The van der Waals surface area contributed by atoms with E-state index in [1.165, 1.54) is 6.20 Å². The summed E-state index contributed by atoms with van der Waals surface area (Å²) < 4.78 is 24.0. The first-order chi connectivity index (χ1) is 10.9. The Kier molecular flexibility index (Phi) is 3.97. The van der Waals surface area contributed by atoms with Crippen molar-refractivity contribution in [3.63, 3.8) is 0 Å². The molecule has 7 nitrogen and oxygen atoms in total. The Hall–Kier alpha value is -2.16. The molecule has 1 aromatic carbocycles. The number of hydrogen-bond donors (Lipinski definition) is 3. The van der Waals surface area contributed by atoms with Gasteiger partial charge in [-0.3, -0.25) is 4.79 Å². The van der Waals surface area contributed by atoms with E-state index < -0.39 is 10.2 Å². The molecule has 1 fully saturated rings. The molecule has 1 amide bonds. The highest BCUT2D eigenvalue weighted by atomic mass is 32.2. The zero-order valence-electron chi connectivity index (χ0n) is 12.6. The number of carbonyl (C=O) groups is 1. The van der Waals surface area contributed by atoms with Gasteiger partial charge in [-0.05, 0) is 30.7 Å². The van der Waals surface area contributed by atoms with Crippen LogP contribution in [0.2, 0.25) is 0 Å². The van der Waals surface area contributed by atoms with Crippen LogP contribution < -0.4 is 15.8 Å². The molecule has 1 saturated heterocycles. The number of nitrogens with zero attached hydrogens (tertiary/aromatic N) is 1. The first kappa shape index (κ1) is 15.7. The van der Waals surface area contributed by atoms with E-state index in [-0.39, 0.29) is 11.9 Å². The van der Waals surface area contributed by atoms with Crippen LogP contribution in [0.15, 0.2) is 36.5 Å². The van der Waals surface area contributed by atoms with E-state index in [1.807, 2.05) is 0 Å². The summed E-state index contributed by atoms with van der Waals surface area (Å²) >= 11 is 0. The van der Waals surface area contributed by atoms with Crippen LogP contribution >= 0.6 is 0 Å². The maximum Gasteiger partial charge on any atom is 0.302 e. The van der Waals surface area contributed by atoms with Gasteiger partial charge in [0.2, 0.25) is 0 Å². The fraction of sp³-hybridized carbons (Fsp3) is 0.267. The van der Waals surface area contributed by atoms with Crippen LogP contribution in [0.25, 0.3) is 11.1 Å². The molecule has 0 aliphatic carbocycles. The highest BCUT2D eigenvalue weighted by Crippen LogP contribution is 2.25. The normalized spacial score (nSPS) is 15.2. The summed E-state index contributed by atoms with van der Waals surface area (Å²) in [6.07, 6.45) is 1.42. The van der Waals surface area contributed by atoms with Crippen molar-refractivity contribution in [2.75, 3.05) is 13.1 Å². The molecule has 0 saturated carbocycles. The van der Waals surface area contributed by atoms with Gasteiger partial charge in [-0.25, -0.2) is 9.11 Å². The van der Waals surface area contributed by atoms with Gasteiger partial charge in [0.25, 0.3) is 5.91 Å². The fourth-order valence-electron chi connectivity index (χ4n) is 2.53. The van der Waals surface area contributed by atoms with E-state index >= 15 is 0 Å². The minimum atomic E-state index is -3.81. The number of amides is 1. The van der Waals surface area contributed by atoms with Crippen LogP contribution in [0.1, 0.15) is 16.1 Å². The van der Waals surface area contributed by atoms with E-state index in [0.29, 0.717) is 11.3 Å². The lowest BCUT2D eigenvalue weighted by atomic mass is 10.0. The lowest BCUT2D eigenvalue weighted by molar-refractivity contribution is 0.0924. The Morgan fingerprint density at radius 2 is 1.91 bits per heavy atom. The van der Waals surface area contributed by atoms with Crippen LogP contribution in [-0.2, 0) is 10.2 Å². The van der Waals surface area contributed by atoms with Crippen molar-refractivity contribution >= 4 is 16.1 Å². The van der Waals surface area contributed by atoms with Crippen molar-refractivity contribution in [1.29, 1.82) is 0 Å². The number of carbonyl (C=O) groups excluding carboxylic acids is 1. The van der Waals surface area contributed by atoms with E-state index in [2.05, 4.69) is 10.6 Å². The smallest absolute Gasteiger partial charge is 0.302 e. The molecule has 23 heavy (non-hydrogen) atoms. The van der Waals surface area contributed by atoms with Gasteiger partial charge in [0.05, 0.1) is 6.04 Å². The third kappa shape index (κ3) is 3.14. The third-order valence-corrected chi connectivity index (χ3v) is 4.89. The van der Waals surface area contributed by atoms with Gasteiger partial charge in [-0.15, -0.1) is 0 Å². The van der Waals surface area contributed by atoms with Gasteiger partial charge in [-0.1, -0.05) is 12.1 Å². The zero-order chi connectivity index (χ0) is 16.6. The highest BCUT2D eigenvalue weighted by molar-refractivity contribution is 7.87. The lowest BCUT2D eigenvalue weighted by Crippen LogP contribution is -2.56. The summed E-state index contributed by atoms with van der Waals surface area (Å²) in [6.45, 7) is 3.28. The number of benzene rings is 1. The minimum absolute atomic E-state index is 0.109. The summed E-state index contributed by atoms with van der Waals surface area (Å²) in [5, 5.41) is 11.2. The molecule has 0 radical (unpaired) electrons. The molecule has 0 atom stereocenters. The zero-order valence-corrected chi connectivity index (χ0v) is 13.4. The molecule has 0 unspecified atom stereocenters. The predicted molar refractivity (Wildman–Crippen MR) is 87.2 cm³/mol. The second kappa shape index (κ2) is 5.80. The summed E-state index contributed by atoms with van der Waals surface area (Å²) in [4.78, 5) is 12.1. The Labute approximate surface area is 134 Å². The number of hydrogen-bond acceptors (Lipinski definition) is 4. The molecular formula is C15H18N4O3S. The highest BCUT2D eigenvalue weighted by Gasteiger charge is 2.19. The van der Waals surface area contributed by atoms with Crippen LogP contribution in [0.3, 0.4) is 0 Å². The van der Waals surface area contributed by atoms with Crippen molar-refractivity contribution in [2.24, 2.45) is 5.14 Å². The average molecular weight is 334 g/mol. The minimum Gasteiger partial charge on any atom is -0.347 e. The van der Waals surface area contributed by atoms with Gasteiger partial charge >= 0.3 is 10.2 Å². The van der Waals surface area contributed by atoms with Crippen LogP contribution in [0, 0.1) is 6.92 Å². The molecule has 0 bridgehead atoms. The second-order valence-electron chi connectivity index (χ2n) is 5.56. The number of nitrogens with two attached hydrogens (primary N) is 1. The second-order valence-corrected chi connectivity index (χ2v) is 6.98. The average Bonchev–Trinajstić information content (AvgIpc) is 2.84. The van der Waals surface area contributed by atoms with Gasteiger partial charge in [0, 0.05) is 36.1 Å². The van der Waals surface area contributed by atoms with Crippen molar-refractivity contribution in [3.05, 3.63) is 47.8 Å². The first-order valence-electron chi connectivity index (χ1n) is 7.19. The van der Waals surface area contributed by atoms with E-state index in [0.717, 1.165) is 28.2 Å². The molecule has 1 aliphatic heterocycles. The fourth-order valence-corrected chi connectivity index (χ4v) is 3.25. The van der Waals surface area contributed by atoms with Gasteiger partial charge in [-0.2, -0.15) is 8.42 Å². The lowest BCUT2D eigenvalue weighted by Gasteiger charge is -2.27. The Morgan fingerprint density at radius 3 is 2.39 bits per heavy atom. The summed E-state index contributed by atoms with van der Waals surface area (Å²) in [5.74, 6) is -0.109. The molecule has 3 rings (SSSR count). The van der Waals surface area contributed by atoms with Crippen LogP contribution in [0.4, 0.5) is 0 Å². The molecule has 1 aromatic heterocycles. The standard InChI is InChI=1S/C15H18N4O3S/c1-10-14(6-7-19(10)23(16,21)22)11-2-4-12(5-3-11)15(20)18-13-8-17-9-13/h2-7,13,17H,8-9H2,1H3,(H,18,20)(H2,16,21,22). The van der Waals surface area contributed by atoms with E-state index in [4.69, 9.17) is 5.14 Å². The maximum atomic E-state index is 12.1. The van der Waals surface area contributed by atoms with Gasteiger partial charge in [0.15, 0.2) is 0 Å². The number of aromatic nitrogens is 1. The summed E-state index contributed by atoms with van der Waals surface area (Å²) in [6, 6.07) is 8.92. The Balaban J connectivity index is 1.82. The monoisotopic (exact) mass is 334 g/mol. The van der Waals surface area contributed by atoms with Crippen LogP contribution in [0.5, 0.6) is 0 Å². The third-order valence-electron chi connectivity index (χ3n) is 3.95. The molecular weight excluding hydrogens is 316 g/mol. The molecule has 4 N–H and O–H groups in total. The van der Waals surface area contributed by atoms with Gasteiger partial charge < -0.3 is 10.6 Å². The van der Waals surface area contributed by atoms with E-state index in [9.17, 15) is 13.2 Å². The largest absolute Gasteiger partial charge is 0.347 e. The molecule has 122 valence electrons. The SMILES string of the molecule is Cc1c(-c2ccc(C(=O)NC3CNC3)cc2)ccn1S(N)(=O)=O. The Bertz CT molecular complexity index is 836. The summed E-state index contributed by atoms with van der Waals surface area (Å²) in [7, 11) is -3.81. The molecule has 2 aromatic rings. The van der Waals surface area contributed by atoms with Crippen molar-refractivity contribution in [1.82, 2.24) is 14.6 Å². The first-order valence-corrected chi connectivity index (χ1v) is 8.70. The van der Waals surface area contributed by atoms with E-state index in [1.54, 1.807) is 37.3 Å². The molecule has 8 heteroatoms. The maximum absolute atomic E-state index is 12.1.